The standard InChI is InChI=1S/C15H21NO5S/c1-5-11(3)16(9-14(17)18)15(19)12-7-6-10(2)13(8-12)22(4,20)21/h6-8,11H,5,9H2,1-4H3,(H,17,18). The highest BCUT2D eigenvalue weighted by Crippen LogP contribution is 2.19. The number of hydrogen-bond acceptors (Lipinski definition) is 4. The number of rotatable bonds is 6. The van der Waals surface area contributed by atoms with Gasteiger partial charge in [-0.15, -0.1) is 0 Å². The van der Waals surface area contributed by atoms with Crippen LogP contribution in [-0.4, -0.2) is 49.1 Å². The fourth-order valence-corrected chi connectivity index (χ4v) is 3.09. The smallest absolute Gasteiger partial charge is 0.323 e. The van der Waals surface area contributed by atoms with E-state index in [1.54, 1.807) is 19.9 Å². The highest BCUT2D eigenvalue weighted by atomic mass is 32.2. The van der Waals surface area contributed by atoms with Crippen LogP contribution in [0.1, 0.15) is 36.2 Å². The molecule has 0 aliphatic rings. The van der Waals surface area contributed by atoms with Crippen LogP contribution in [0, 0.1) is 6.92 Å². The molecule has 1 aromatic carbocycles. The van der Waals surface area contributed by atoms with Gasteiger partial charge >= 0.3 is 5.97 Å². The first-order valence-corrected chi connectivity index (χ1v) is 8.80. The lowest BCUT2D eigenvalue weighted by Crippen LogP contribution is -2.41. The molecule has 122 valence electrons. The Morgan fingerprint density at radius 1 is 1.32 bits per heavy atom. The highest BCUT2D eigenvalue weighted by molar-refractivity contribution is 7.90. The predicted molar refractivity (Wildman–Crippen MR) is 82.7 cm³/mol. The van der Waals surface area contributed by atoms with Gasteiger partial charge in [0.2, 0.25) is 0 Å². The number of carbonyl (C=O) groups is 2. The first-order chi connectivity index (χ1) is 10.1. The maximum atomic E-state index is 12.5. The zero-order valence-electron chi connectivity index (χ0n) is 13.2. The first-order valence-electron chi connectivity index (χ1n) is 6.91. The van der Waals surface area contributed by atoms with Crippen molar-refractivity contribution in [1.29, 1.82) is 0 Å². The van der Waals surface area contributed by atoms with Gasteiger partial charge < -0.3 is 10.0 Å². The van der Waals surface area contributed by atoms with E-state index in [1.807, 2.05) is 6.92 Å². The zero-order valence-corrected chi connectivity index (χ0v) is 14.0. The molecular formula is C15H21NO5S. The molecule has 1 unspecified atom stereocenters. The van der Waals surface area contributed by atoms with E-state index in [-0.39, 0.29) is 16.5 Å². The normalized spacial score (nSPS) is 12.7. The molecule has 7 heteroatoms. The van der Waals surface area contributed by atoms with E-state index < -0.39 is 28.3 Å². The Kier molecular flexibility index (Phi) is 5.71. The van der Waals surface area contributed by atoms with Gasteiger partial charge in [0.25, 0.3) is 5.91 Å². The third kappa shape index (κ3) is 4.30. The SMILES string of the molecule is CCC(C)N(CC(=O)O)C(=O)c1ccc(C)c(S(C)(=O)=O)c1. The van der Waals surface area contributed by atoms with Crippen molar-refractivity contribution in [3.8, 4) is 0 Å². The molecule has 22 heavy (non-hydrogen) atoms. The lowest BCUT2D eigenvalue weighted by Gasteiger charge is -2.27. The van der Waals surface area contributed by atoms with Crippen LogP contribution in [0.3, 0.4) is 0 Å². The van der Waals surface area contributed by atoms with E-state index in [1.165, 1.54) is 17.0 Å². The average molecular weight is 327 g/mol. The number of carboxylic acid groups (broad SMARTS) is 1. The van der Waals surface area contributed by atoms with Gasteiger partial charge in [-0.1, -0.05) is 13.0 Å². The summed E-state index contributed by atoms with van der Waals surface area (Å²) in [6.07, 6.45) is 1.68. The Bertz CT molecular complexity index is 681. The first kappa shape index (κ1) is 18.2. The molecule has 6 nitrogen and oxygen atoms in total. The van der Waals surface area contributed by atoms with Crippen LogP contribution in [0.5, 0.6) is 0 Å². The number of aryl methyl sites for hydroxylation is 1. The molecule has 1 rings (SSSR count). The van der Waals surface area contributed by atoms with Crippen molar-refractivity contribution in [2.24, 2.45) is 0 Å². The van der Waals surface area contributed by atoms with E-state index in [9.17, 15) is 18.0 Å². The quantitative estimate of drug-likeness (QED) is 0.859. The van der Waals surface area contributed by atoms with Gasteiger partial charge in [-0.25, -0.2) is 8.42 Å². The summed E-state index contributed by atoms with van der Waals surface area (Å²) in [5, 5.41) is 8.96. The van der Waals surface area contributed by atoms with Crippen LogP contribution in [0.25, 0.3) is 0 Å². The lowest BCUT2D eigenvalue weighted by atomic mass is 10.1. The Morgan fingerprint density at radius 3 is 2.36 bits per heavy atom. The summed E-state index contributed by atoms with van der Waals surface area (Å²) >= 11 is 0. The van der Waals surface area contributed by atoms with E-state index in [4.69, 9.17) is 5.11 Å². The number of nitrogens with zero attached hydrogens (tertiary/aromatic N) is 1. The fraction of sp³-hybridized carbons (Fsp3) is 0.467. The van der Waals surface area contributed by atoms with Gasteiger partial charge in [-0.05, 0) is 38.0 Å². The van der Waals surface area contributed by atoms with Gasteiger partial charge in [0.05, 0.1) is 4.90 Å². The van der Waals surface area contributed by atoms with Gasteiger partial charge in [0, 0.05) is 17.9 Å². The maximum absolute atomic E-state index is 12.5. The molecule has 0 fully saturated rings. The lowest BCUT2D eigenvalue weighted by molar-refractivity contribution is -0.138. The summed E-state index contributed by atoms with van der Waals surface area (Å²) in [5.41, 5.74) is 0.722. The maximum Gasteiger partial charge on any atom is 0.323 e. The molecule has 1 atom stereocenters. The van der Waals surface area contributed by atoms with Crippen molar-refractivity contribution in [2.45, 2.75) is 38.1 Å². The highest BCUT2D eigenvalue weighted by Gasteiger charge is 2.24. The van der Waals surface area contributed by atoms with Crippen molar-refractivity contribution in [3.05, 3.63) is 29.3 Å². The molecule has 0 bridgehead atoms. The van der Waals surface area contributed by atoms with E-state index in [0.29, 0.717) is 12.0 Å². The topological polar surface area (TPSA) is 91.8 Å². The molecule has 0 heterocycles. The summed E-state index contributed by atoms with van der Waals surface area (Å²) in [7, 11) is -3.45. The number of sulfone groups is 1. The Balaban J connectivity index is 3.28. The Morgan fingerprint density at radius 2 is 1.91 bits per heavy atom. The number of aliphatic carboxylic acids is 1. The molecule has 1 N–H and O–H groups in total. The Hall–Kier alpha value is -1.89. The molecule has 0 radical (unpaired) electrons. The molecule has 0 spiro atoms. The van der Waals surface area contributed by atoms with Gasteiger partial charge in [-0.2, -0.15) is 0 Å². The number of hydrogen-bond donors (Lipinski definition) is 1. The van der Waals surface area contributed by atoms with Crippen LogP contribution < -0.4 is 0 Å². The minimum Gasteiger partial charge on any atom is -0.480 e. The van der Waals surface area contributed by atoms with E-state index in [2.05, 4.69) is 0 Å². The van der Waals surface area contributed by atoms with Crippen LogP contribution in [0.15, 0.2) is 23.1 Å². The molecule has 1 aromatic rings. The van der Waals surface area contributed by atoms with Crippen molar-refractivity contribution < 1.29 is 23.1 Å². The molecule has 1 amide bonds. The van der Waals surface area contributed by atoms with E-state index >= 15 is 0 Å². The van der Waals surface area contributed by atoms with Crippen molar-refractivity contribution in [2.75, 3.05) is 12.8 Å². The number of benzene rings is 1. The van der Waals surface area contributed by atoms with Crippen LogP contribution in [0.4, 0.5) is 0 Å². The van der Waals surface area contributed by atoms with E-state index in [0.717, 1.165) is 6.26 Å². The molecule has 0 aliphatic carbocycles. The van der Waals surface area contributed by atoms with Crippen molar-refractivity contribution in [1.82, 2.24) is 4.90 Å². The van der Waals surface area contributed by atoms with Gasteiger partial charge in [0.15, 0.2) is 9.84 Å². The minimum atomic E-state index is -3.45. The largest absolute Gasteiger partial charge is 0.480 e. The van der Waals surface area contributed by atoms with Crippen LogP contribution >= 0.6 is 0 Å². The number of carboxylic acids is 1. The predicted octanol–water partition coefficient (Wildman–Crippen LogP) is 1.72. The third-order valence-corrected chi connectivity index (χ3v) is 4.76. The van der Waals surface area contributed by atoms with Crippen molar-refractivity contribution in [3.63, 3.8) is 0 Å². The monoisotopic (exact) mass is 327 g/mol. The minimum absolute atomic E-state index is 0.0813. The van der Waals surface area contributed by atoms with Crippen LogP contribution in [0.2, 0.25) is 0 Å². The summed E-state index contributed by atoms with van der Waals surface area (Å²) in [6.45, 7) is 4.83. The second kappa shape index (κ2) is 6.91. The van der Waals surface area contributed by atoms with Gasteiger partial charge in [0.1, 0.15) is 6.54 Å². The summed E-state index contributed by atoms with van der Waals surface area (Å²) in [5.74, 6) is -1.59. The van der Waals surface area contributed by atoms with Crippen molar-refractivity contribution >= 4 is 21.7 Å². The number of amides is 1. The van der Waals surface area contributed by atoms with Gasteiger partial charge in [-0.3, -0.25) is 9.59 Å². The molecule has 0 aliphatic heterocycles. The number of carbonyl (C=O) groups excluding carboxylic acids is 1. The second-order valence-corrected chi connectivity index (χ2v) is 7.32. The zero-order chi connectivity index (χ0) is 17.1. The Labute approximate surface area is 130 Å². The van der Waals surface area contributed by atoms with Crippen LogP contribution in [-0.2, 0) is 14.6 Å². The average Bonchev–Trinajstić information content (AvgIpc) is 2.42. The summed E-state index contributed by atoms with van der Waals surface area (Å²) in [6, 6.07) is 4.12. The molecule has 0 saturated carbocycles. The second-order valence-electron chi connectivity index (χ2n) is 5.34. The molecule has 0 saturated heterocycles. The molecule has 0 aromatic heterocycles. The molecular weight excluding hydrogens is 306 g/mol. The third-order valence-electron chi connectivity index (χ3n) is 3.52. The fourth-order valence-electron chi connectivity index (χ4n) is 2.09. The summed E-state index contributed by atoms with van der Waals surface area (Å²) in [4.78, 5) is 24.8. The summed E-state index contributed by atoms with van der Waals surface area (Å²) < 4.78 is 23.5.